The number of nitriles is 1. The van der Waals surface area contributed by atoms with Gasteiger partial charge in [-0.05, 0) is 36.4 Å². The van der Waals surface area contributed by atoms with Crippen molar-refractivity contribution >= 4 is 27.3 Å². The van der Waals surface area contributed by atoms with Crippen molar-refractivity contribution in [2.45, 2.75) is 6.42 Å². The zero-order valence-electron chi connectivity index (χ0n) is 14.5. The second-order valence-electron chi connectivity index (χ2n) is 5.49. The van der Waals surface area contributed by atoms with Crippen molar-refractivity contribution in [3.05, 3.63) is 54.1 Å². The zero-order chi connectivity index (χ0) is 19.2. The number of methoxy groups -OCH3 is 1. The Balaban J connectivity index is 2.09. The van der Waals surface area contributed by atoms with E-state index in [0.717, 1.165) is 10.6 Å². The fraction of sp³-hybridized carbons (Fsp3) is 0.222. The van der Waals surface area contributed by atoms with E-state index in [1.165, 1.54) is 31.4 Å². The molecule has 0 fully saturated rings. The van der Waals surface area contributed by atoms with Gasteiger partial charge in [0.25, 0.3) is 0 Å². The van der Waals surface area contributed by atoms with Crippen LogP contribution in [0, 0.1) is 11.3 Å². The zero-order valence-corrected chi connectivity index (χ0v) is 15.3. The molecule has 26 heavy (non-hydrogen) atoms. The average Bonchev–Trinajstić information content (AvgIpc) is 2.61. The van der Waals surface area contributed by atoms with Gasteiger partial charge in [0, 0.05) is 13.0 Å². The monoisotopic (exact) mass is 373 g/mol. The predicted octanol–water partition coefficient (Wildman–Crippen LogP) is 2.36. The lowest BCUT2D eigenvalue weighted by molar-refractivity contribution is -0.116. The lowest BCUT2D eigenvalue weighted by Gasteiger charge is -2.22. The number of amides is 1. The predicted molar refractivity (Wildman–Crippen MR) is 99.6 cm³/mol. The molecule has 0 saturated heterocycles. The molecule has 136 valence electrons. The number of benzene rings is 2. The van der Waals surface area contributed by atoms with Gasteiger partial charge >= 0.3 is 0 Å². The van der Waals surface area contributed by atoms with E-state index in [1.54, 1.807) is 24.3 Å². The van der Waals surface area contributed by atoms with E-state index in [1.807, 2.05) is 6.07 Å². The smallest absolute Gasteiger partial charge is 0.232 e. The van der Waals surface area contributed by atoms with E-state index in [-0.39, 0.29) is 18.9 Å². The molecule has 7 nitrogen and oxygen atoms in total. The minimum atomic E-state index is -3.57. The van der Waals surface area contributed by atoms with E-state index in [9.17, 15) is 13.2 Å². The Hall–Kier alpha value is -3.05. The summed E-state index contributed by atoms with van der Waals surface area (Å²) < 4.78 is 30.4. The molecule has 0 radical (unpaired) electrons. The number of ether oxygens (including phenoxy) is 1. The molecule has 0 aromatic heterocycles. The fourth-order valence-electron chi connectivity index (χ4n) is 2.35. The van der Waals surface area contributed by atoms with Gasteiger partial charge in [-0.2, -0.15) is 5.26 Å². The highest BCUT2D eigenvalue weighted by atomic mass is 32.2. The number of nitrogens with zero attached hydrogens (tertiary/aromatic N) is 2. The number of hydrogen-bond donors (Lipinski definition) is 1. The van der Waals surface area contributed by atoms with Crippen LogP contribution in [0.5, 0.6) is 5.75 Å². The first-order chi connectivity index (χ1) is 12.3. The van der Waals surface area contributed by atoms with Gasteiger partial charge in [0.15, 0.2) is 0 Å². The number of carbonyl (C=O) groups is 1. The molecule has 0 spiro atoms. The molecular weight excluding hydrogens is 354 g/mol. The van der Waals surface area contributed by atoms with Crippen molar-refractivity contribution < 1.29 is 17.9 Å². The summed E-state index contributed by atoms with van der Waals surface area (Å²) in [4.78, 5) is 12.2. The van der Waals surface area contributed by atoms with Crippen LogP contribution >= 0.6 is 0 Å². The average molecular weight is 373 g/mol. The number of anilines is 2. The Bertz CT molecular complexity index is 918. The molecule has 0 aliphatic heterocycles. The summed E-state index contributed by atoms with van der Waals surface area (Å²) in [6.45, 7) is -0.0221. The van der Waals surface area contributed by atoms with Crippen LogP contribution in [0.25, 0.3) is 0 Å². The van der Waals surface area contributed by atoms with Crippen molar-refractivity contribution in [1.82, 2.24) is 0 Å². The van der Waals surface area contributed by atoms with Gasteiger partial charge in [-0.15, -0.1) is 0 Å². The fourth-order valence-corrected chi connectivity index (χ4v) is 3.28. The molecular formula is C18H19N3O4S. The number of nitrogens with one attached hydrogen (secondary N) is 1. The van der Waals surface area contributed by atoms with E-state index < -0.39 is 10.0 Å². The van der Waals surface area contributed by atoms with Crippen LogP contribution in [0.2, 0.25) is 0 Å². The maximum Gasteiger partial charge on any atom is 0.232 e. The molecule has 0 unspecified atom stereocenters. The second-order valence-corrected chi connectivity index (χ2v) is 7.40. The van der Waals surface area contributed by atoms with Crippen molar-refractivity contribution in [2.75, 3.05) is 29.5 Å². The summed E-state index contributed by atoms with van der Waals surface area (Å²) >= 11 is 0. The topological polar surface area (TPSA) is 99.5 Å². The Morgan fingerprint density at radius 3 is 2.42 bits per heavy atom. The molecule has 2 aromatic rings. The van der Waals surface area contributed by atoms with Gasteiger partial charge in [-0.1, -0.05) is 12.1 Å². The molecule has 1 amide bonds. The normalized spacial score (nSPS) is 10.7. The lowest BCUT2D eigenvalue weighted by Crippen LogP contribution is -2.33. The SMILES string of the molecule is COc1ccccc1NC(=O)CCN(c1ccc(C#N)cc1)S(C)(=O)=O. The first-order valence-electron chi connectivity index (χ1n) is 7.76. The molecule has 0 bridgehead atoms. The van der Waals surface area contributed by atoms with Crippen molar-refractivity contribution in [3.63, 3.8) is 0 Å². The number of carbonyl (C=O) groups excluding carboxylic acids is 1. The highest BCUT2D eigenvalue weighted by Gasteiger charge is 2.19. The van der Waals surface area contributed by atoms with Crippen molar-refractivity contribution in [3.8, 4) is 11.8 Å². The third-order valence-electron chi connectivity index (χ3n) is 3.61. The summed E-state index contributed by atoms with van der Waals surface area (Å²) in [6, 6.07) is 15.1. The van der Waals surface area contributed by atoms with Gasteiger partial charge in [0.05, 0.1) is 36.4 Å². The van der Waals surface area contributed by atoms with Crippen LogP contribution in [0.1, 0.15) is 12.0 Å². The second kappa shape index (κ2) is 8.36. The molecule has 0 aliphatic rings. The largest absolute Gasteiger partial charge is 0.495 e. The minimum Gasteiger partial charge on any atom is -0.495 e. The minimum absolute atomic E-state index is 0.0221. The van der Waals surface area contributed by atoms with Crippen LogP contribution in [0.3, 0.4) is 0 Å². The maximum atomic E-state index is 12.2. The molecule has 0 heterocycles. The maximum absolute atomic E-state index is 12.2. The molecule has 0 aliphatic carbocycles. The summed E-state index contributed by atoms with van der Waals surface area (Å²) in [7, 11) is -2.07. The third-order valence-corrected chi connectivity index (χ3v) is 4.80. The van der Waals surface area contributed by atoms with Crippen LogP contribution in [-0.2, 0) is 14.8 Å². The summed E-state index contributed by atoms with van der Waals surface area (Å²) in [5.41, 5.74) is 1.34. The van der Waals surface area contributed by atoms with Crippen molar-refractivity contribution in [2.24, 2.45) is 0 Å². The highest BCUT2D eigenvalue weighted by molar-refractivity contribution is 7.92. The molecule has 8 heteroatoms. The molecule has 0 saturated carbocycles. The van der Waals surface area contributed by atoms with Crippen LogP contribution in [0.4, 0.5) is 11.4 Å². The molecule has 2 aromatic carbocycles. The Morgan fingerprint density at radius 1 is 1.19 bits per heavy atom. The van der Waals surface area contributed by atoms with E-state index in [0.29, 0.717) is 22.7 Å². The Labute approximate surface area is 152 Å². The molecule has 2 rings (SSSR count). The number of hydrogen-bond acceptors (Lipinski definition) is 5. The molecule has 0 atom stereocenters. The van der Waals surface area contributed by atoms with Crippen LogP contribution < -0.4 is 14.4 Å². The Kier molecular flexibility index (Phi) is 6.20. The van der Waals surface area contributed by atoms with Gasteiger partial charge in [0.1, 0.15) is 5.75 Å². The van der Waals surface area contributed by atoms with Gasteiger partial charge < -0.3 is 10.1 Å². The van der Waals surface area contributed by atoms with Gasteiger partial charge in [-0.25, -0.2) is 8.42 Å². The summed E-state index contributed by atoms with van der Waals surface area (Å²) in [6.07, 6.45) is 1.04. The first kappa shape index (κ1) is 19.3. The summed E-state index contributed by atoms with van der Waals surface area (Å²) in [5.74, 6) is 0.185. The Morgan fingerprint density at radius 2 is 1.85 bits per heavy atom. The van der Waals surface area contributed by atoms with Gasteiger partial charge in [0.2, 0.25) is 15.9 Å². The quantitative estimate of drug-likeness (QED) is 0.803. The number of sulfonamides is 1. The first-order valence-corrected chi connectivity index (χ1v) is 9.60. The van der Waals surface area contributed by atoms with Crippen molar-refractivity contribution in [1.29, 1.82) is 5.26 Å². The van der Waals surface area contributed by atoms with Gasteiger partial charge in [-0.3, -0.25) is 9.10 Å². The van der Waals surface area contributed by atoms with E-state index in [4.69, 9.17) is 10.00 Å². The lowest BCUT2D eigenvalue weighted by atomic mass is 10.2. The van der Waals surface area contributed by atoms with E-state index in [2.05, 4.69) is 5.32 Å². The summed E-state index contributed by atoms with van der Waals surface area (Å²) in [5, 5.41) is 11.6. The number of rotatable bonds is 7. The third kappa shape index (κ3) is 4.97. The molecule has 1 N–H and O–H groups in total. The van der Waals surface area contributed by atoms with E-state index >= 15 is 0 Å². The standard InChI is InChI=1S/C18H19N3O4S/c1-25-17-6-4-3-5-16(17)20-18(22)11-12-21(26(2,23)24)15-9-7-14(13-19)8-10-15/h3-10H,11-12H2,1-2H3,(H,20,22). The highest BCUT2D eigenvalue weighted by Crippen LogP contribution is 2.23. The number of para-hydroxylation sites is 2. The van der Waals surface area contributed by atoms with Crippen LogP contribution in [0.15, 0.2) is 48.5 Å². The van der Waals surface area contributed by atoms with Crippen LogP contribution in [-0.4, -0.2) is 34.2 Å².